The molecule has 1 rings (SSSR count). The van der Waals surface area contributed by atoms with Crippen molar-refractivity contribution in [3.05, 3.63) is 16.6 Å². The molecule has 2 atom stereocenters. The lowest BCUT2D eigenvalue weighted by atomic mass is 9.87. The smallest absolute Gasteiger partial charge is 0.109 e. The Labute approximate surface area is 115 Å². The van der Waals surface area contributed by atoms with Crippen LogP contribution in [0.2, 0.25) is 0 Å². The first-order valence-corrected chi connectivity index (χ1v) is 7.68. The molecule has 0 aliphatic rings. The van der Waals surface area contributed by atoms with Gasteiger partial charge in [-0.1, -0.05) is 27.7 Å². The van der Waals surface area contributed by atoms with Crippen LogP contribution < -0.4 is 11.1 Å². The number of nitrogens with one attached hydrogen (secondary N) is 1. The van der Waals surface area contributed by atoms with Crippen molar-refractivity contribution in [2.24, 2.45) is 11.1 Å². The van der Waals surface area contributed by atoms with E-state index < -0.39 is 0 Å². The zero-order valence-corrected chi connectivity index (χ0v) is 12.9. The number of nitrogens with two attached hydrogens (primary N) is 1. The first kappa shape index (κ1) is 15.6. The Bertz CT molecular complexity index is 316. The molecule has 2 unspecified atom stereocenters. The molecule has 0 aliphatic carbocycles. The Balaban J connectivity index is 2.28. The van der Waals surface area contributed by atoms with Crippen molar-refractivity contribution in [1.82, 2.24) is 10.3 Å². The van der Waals surface area contributed by atoms with Gasteiger partial charge in [0.05, 0.1) is 6.04 Å². The highest BCUT2D eigenvalue weighted by molar-refractivity contribution is 7.09. The van der Waals surface area contributed by atoms with Gasteiger partial charge >= 0.3 is 0 Å². The van der Waals surface area contributed by atoms with Crippen LogP contribution in [0, 0.1) is 5.41 Å². The lowest BCUT2D eigenvalue weighted by molar-refractivity contribution is 0.326. The van der Waals surface area contributed by atoms with Crippen LogP contribution in [0.4, 0.5) is 0 Å². The summed E-state index contributed by atoms with van der Waals surface area (Å²) in [6, 6.07) is 0.665. The highest BCUT2D eigenvalue weighted by Gasteiger charge is 2.16. The summed E-state index contributed by atoms with van der Waals surface area (Å²) >= 11 is 1.72. The first-order chi connectivity index (χ1) is 8.42. The van der Waals surface area contributed by atoms with E-state index in [0.29, 0.717) is 11.5 Å². The number of hydrogen-bond donors (Lipinski definition) is 2. The van der Waals surface area contributed by atoms with E-state index in [2.05, 4.69) is 38.0 Å². The van der Waals surface area contributed by atoms with Crippen LogP contribution >= 0.6 is 11.3 Å². The topological polar surface area (TPSA) is 50.9 Å². The van der Waals surface area contributed by atoms with E-state index in [1.165, 1.54) is 5.01 Å². The number of aromatic nitrogens is 1. The highest BCUT2D eigenvalue weighted by atomic mass is 32.1. The molecule has 1 aromatic rings. The van der Waals surface area contributed by atoms with Gasteiger partial charge in [-0.2, -0.15) is 0 Å². The van der Waals surface area contributed by atoms with Crippen molar-refractivity contribution in [3.8, 4) is 0 Å². The van der Waals surface area contributed by atoms with Crippen LogP contribution in [0.15, 0.2) is 11.6 Å². The van der Waals surface area contributed by atoms with Crippen LogP contribution in [0.1, 0.15) is 58.0 Å². The quantitative estimate of drug-likeness (QED) is 0.798. The lowest BCUT2D eigenvalue weighted by Crippen LogP contribution is -2.31. The zero-order chi connectivity index (χ0) is 13.6. The third-order valence-corrected chi connectivity index (χ3v) is 3.83. The predicted octanol–water partition coefficient (Wildman–Crippen LogP) is 3.34. The Hall–Kier alpha value is -0.450. The van der Waals surface area contributed by atoms with E-state index >= 15 is 0 Å². The Kier molecular flexibility index (Phi) is 6.26. The van der Waals surface area contributed by atoms with Crippen LogP contribution in [-0.4, -0.2) is 17.6 Å². The van der Waals surface area contributed by atoms with E-state index in [0.717, 1.165) is 25.8 Å². The van der Waals surface area contributed by atoms with Crippen molar-refractivity contribution >= 4 is 11.3 Å². The van der Waals surface area contributed by atoms with Gasteiger partial charge in [0.1, 0.15) is 5.01 Å². The molecule has 0 amide bonds. The molecule has 0 radical (unpaired) electrons. The van der Waals surface area contributed by atoms with Crippen molar-refractivity contribution < 1.29 is 0 Å². The minimum Gasteiger partial charge on any atom is -0.328 e. The summed E-state index contributed by atoms with van der Waals surface area (Å²) in [4.78, 5) is 4.37. The molecule has 0 aliphatic heterocycles. The molecule has 0 fully saturated rings. The summed E-state index contributed by atoms with van der Waals surface area (Å²) < 4.78 is 0. The van der Waals surface area contributed by atoms with E-state index in [-0.39, 0.29) is 6.04 Å². The SMILES string of the molecule is CCC(NCCC(N)CC(C)(C)C)c1nccs1. The van der Waals surface area contributed by atoms with Crippen molar-refractivity contribution in [3.63, 3.8) is 0 Å². The third-order valence-electron chi connectivity index (χ3n) is 2.94. The molecule has 0 saturated heterocycles. The summed E-state index contributed by atoms with van der Waals surface area (Å²) in [5.41, 5.74) is 6.47. The van der Waals surface area contributed by atoms with Gasteiger partial charge in [0, 0.05) is 17.6 Å². The normalized spacial score (nSPS) is 15.6. The molecule has 3 nitrogen and oxygen atoms in total. The van der Waals surface area contributed by atoms with E-state index in [1.54, 1.807) is 11.3 Å². The zero-order valence-electron chi connectivity index (χ0n) is 12.1. The van der Waals surface area contributed by atoms with Gasteiger partial charge in [0.15, 0.2) is 0 Å². The molecule has 3 N–H and O–H groups in total. The van der Waals surface area contributed by atoms with E-state index in [4.69, 9.17) is 5.73 Å². The van der Waals surface area contributed by atoms with Crippen molar-refractivity contribution in [2.45, 2.75) is 59.0 Å². The summed E-state index contributed by atoms with van der Waals surface area (Å²) in [7, 11) is 0. The van der Waals surface area contributed by atoms with Crippen molar-refractivity contribution in [1.29, 1.82) is 0 Å². The van der Waals surface area contributed by atoms with Crippen LogP contribution in [0.5, 0.6) is 0 Å². The molecule has 0 aromatic carbocycles. The monoisotopic (exact) mass is 269 g/mol. The van der Waals surface area contributed by atoms with Crippen LogP contribution in [-0.2, 0) is 0 Å². The third kappa shape index (κ3) is 5.94. The largest absolute Gasteiger partial charge is 0.328 e. The maximum absolute atomic E-state index is 6.15. The maximum Gasteiger partial charge on any atom is 0.109 e. The molecule has 1 heterocycles. The number of thiazole rings is 1. The second-order valence-corrected chi connectivity index (χ2v) is 7.02. The van der Waals surface area contributed by atoms with Gasteiger partial charge in [-0.05, 0) is 31.2 Å². The molecule has 0 spiro atoms. The van der Waals surface area contributed by atoms with Gasteiger partial charge in [0.2, 0.25) is 0 Å². The molecule has 1 aromatic heterocycles. The average Bonchev–Trinajstić information content (AvgIpc) is 2.75. The highest BCUT2D eigenvalue weighted by Crippen LogP contribution is 2.22. The summed E-state index contributed by atoms with van der Waals surface area (Å²) in [5, 5.41) is 6.77. The number of hydrogen-bond acceptors (Lipinski definition) is 4. The predicted molar refractivity (Wildman–Crippen MR) is 79.8 cm³/mol. The van der Waals surface area contributed by atoms with Gasteiger partial charge in [-0.25, -0.2) is 4.98 Å². The van der Waals surface area contributed by atoms with Gasteiger partial charge in [0.25, 0.3) is 0 Å². The fourth-order valence-electron chi connectivity index (χ4n) is 2.14. The summed E-state index contributed by atoms with van der Waals surface area (Å²) in [5.74, 6) is 0. The maximum atomic E-state index is 6.15. The fourth-order valence-corrected chi connectivity index (χ4v) is 2.94. The molecule has 18 heavy (non-hydrogen) atoms. The second-order valence-electron chi connectivity index (χ2n) is 6.10. The van der Waals surface area contributed by atoms with E-state index in [9.17, 15) is 0 Å². The molecule has 4 heteroatoms. The Morgan fingerprint density at radius 3 is 2.67 bits per heavy atom. The van der Waals surface area contributed by atoms with E-state index in [1.807, 2.05) is 11.6 Å². The Morgan fingerprint density at radius 2 is 2.17 bits per heavy atom. The summed E-state index contributed by atoms with van der Waals surface area (Å²) in [6.45, 7) is 9.88. The van der Waals surface area contributed by atoms with Crippen LogP contribution in [0.25, 0.3) is 0 Å². The molecular weight excluding hydrogens is 242 g/mol. The average molecular weight is 269 g/mol. The summed E-state index contributed by atoms with van der Waals surface area (Å²) in [6.07, 6.45) is 5.04. The Morgan fingerprint density at radius 1 is 1.44 bits per heavy atom. The van der Waals surface area contributed by atoms with Crippen molar-refractivity contribution in [2.75, 3.05) is 6.54 Å². The molecule has 0 bridgehead atoms. The fraction of sp³-hybridized carbons (Fsp3) is 0.786. The van der Waals surface area contributed by atoms with Gasteiger partial charge in [-0.15, -0.1) is 11.3 Å². The van der Waals surface area contributed by atoms with Gasteiger partial charge < -0.3 is 11.1 Å². The van der Waals surface area contributed by atoms with Gasteiger partial charge in [-0.3, -0.25) is 0 Å². The molecule has 0 saturated carbocycles. The minimum absolute atomic E-state index is 0.284. The lowest BCUT2D eigenvalue weighted by Gasteiger charge is -2.24. The number of nitrogens with zero attached hydrogens (tertiary/aromatic N) is 1. The molecule has 104 valence electrons. The first-order valence-electron chi connectivity index (χ1n) is 6.80. The molecular formula is C14H27N3S. The number of rotatable bonds is 7. The minimum atomic E-state index is 0.284. The second kappa shape index (κ2) is 7.22. The van der Waals surface area contributed by atoms with Crippen LogP contribution in [0.3, 0.4) is 0 Å². The standard InChI is InChI=1S/C14H27N3S/c1-5-12(13-17-8-9-18-13)16-7-6-11(15)10-14(2,3)4/h8-9,11-12,16H,5-7,10,15H2,1-4H3.